The third-order valence-corrected chi connectivity index (χ3v) is 3.29. The molecule has 0 fully saturated rings. The zero-order valence-electron chi connectivity index (χ0n) is 13.1. The molecule has 2 aromatic carbocycles. The van der Waals surface area contributed by atoms with E-state index in [1.807, 2.05) is 0 Å². The molecule has 0 aliphatic heterocycles. The highest BCUT2D eigenvalue weighted by atomic mass is 19.4. The predicted octanol–water partition coefficient (Wildman–Crippen LogP) is 3.90. The number of methoxy groups -OCH3 is 2. The molecule has 7 heteroatoms. The number of anilines is 1. The van der Waals surface area contributed by atoms with Crippen molar-refractivity contribution >= 4 is 11.6 Å². The second kappa shape index (κ2) is 7.25. The lowest BCUT2D eigenvalue weighted by molar-refractivity contribution is -0.137. The summed E-state index contributed by atoms with van der Waals surface area (Å²) in [5.74, 6) is 0.518. The summed E-state index contributed by atoms with van der Waals surface area (Å²) in [4.78, 5) is 12.0. The predicted molar refractivity (Wildman–Crippen MR) is 83.3 cm³/mol. The Morgan fingerprint density at radius 2 is 1.75 bits per heavy atom. The average Bonchev–Trinajstić information content (AvgIpc) is 2.54. The lowest BCUT2D eigenvalue weighted by Crippen LogP contribution is -2.15. The quantitative estimate of drug-likeness (QED) is 0.899. The summed E-state index contributed by atoms with van der Waals surface area (Å²) in [5, 5.41) is 2.62. The fourth-order valence-electron chi connectivity index (χ4n) is 2.16. The molecular formula is C17H16F3NO3. The van der Waals surface area contributed by atoms with E-state index in [9.17, 15) is 18.0 Å². The van der Waals surface area contributed by atoms with Gasteiger partial charge in [-0.2, -0.15) is 13.2 Å². The summed E-state index contributed by atoms with van der Waals surface area (Å²) < 4.78 is 48.3. The van der Waals surface area contributed by atoms with Gasteiger partial charge in [0.15, 0.2) is 11.5 Å². The molecule has 2 rings (SSSR count). The summed E-state index contributed by atoms with van der Waals surface area (Å²) in [6.07, 6.45) is -4.60. The van der Waals surface area contributed by atoms with E-state index < -0.39 is 17.6 Å². The van der Waals surface area contributed by atoms with E-state index in [0.717, 1.165) is 12.1 Å². The Hall–Kier alpha value is -2.70. The Morgan fingerprint density at radius 1 is 1.04 bits per heavy atom. The first-order valence-corrected chi connectivity index (χ1v) is 7.01. The number of carbonyl (C=O) groups excluding carboxylic acids is 1. The molecule has 0 radical (unpaired) electrons. The number of hydrogen-bond donors (Lipinski definition) is 1. The van der Waals surface area contributed by atoms with Crippen LogP contribution in [-0.2, 0) is 17.4 Å². The van der Waals surface area contributed by atoms with Gasteiger partial charge < -0.3 is 14.8 Å². The first-order valence-electron chi connectivity index (χ1n) is 7.01. The van der Waals surface area contributed by atoms with Crippen LogP contribution in [0.5, 0.6) is 11.5 Å². The molecular weight excluding hydrogens is 323 g/mol. The topological polar surface area (TPSA) is 47.6 Å². The fourth-order valence-corrected chi connectivity index (χ4v) is 2.16. The molecule has 1 amide bonds. The third-order valence-electron chi connectivity index (χ3n) is 3.29. The molecule has 4 nitrogen and oxygen atoms in total. The maximum atomic E-state index is 12.7. The number of carbonyl (C=O) groups is 1. The molecule has 128 valence electrons. The second-order valence-corrected chi connectivity index (χ2v) is 4.99. The van der Waals surface area contributed by atoms with Crippen molar-refractivity contribution in [2.45, 2.75) is 12.6 Å². The van der Waals surface area contributed by atoms with Crippen molar-refractivity contribution in [1.29, 1.82) is 0 Å². The van der Waals surface area contributed by atoms with Crippen LogP contribution in [0, 0.1) is 0 Å². The Labute approximate surface area is 137 Å². The lowest BCUT2D eigenvalue weighted by atomic mass is 10.1. The number of halogens is 3. The molecule has 24 heavy (non-hydrogen) atoms. The molecule has 2 aromatic rings. The minimum Gasteiger partial charge on any atom is -0.493 e. The minimum atomic E-state index is -4.43. The largest absolute Gasteiger partial charge is 0.493 e. The number of benzene rings is 2. The minimum absolute atomic E-state index is 0.168. The Balaban J connectivity index is 2.09. The number of nitrogens with one attached hydrogen (secondary N) is 1. The lowest BCUT2D eigenvalue weighted by Gasteiger charge is -2.11. The standard InChI is InChI=1S/C17H16F3NO3/c1-23-14-7-6-13(10-15(14)24-2)21-16(22)9-11-4-3-5-12(8-11)17(18,19)20/h3-8,10H,9H2,1-2H3,(H,21,22). The zero-order valence-corrected chi connectivity index (χ0v) is 13.1. The van der Waals surface area contributed by atoms with Gasteiger partial charge in [0.05, 0.1) is 26.2 Å². The van der Waals surface area contributed by atoms with Crippen molar-refractivity contribution in [2.24, 2.45) is 0 Å². The van der Waals surface area contributed by atoms with Crippen LogP contribution in [0.1, 0.15) is 11.1 Å². The van der Waals surface area contributed by atoms with Gasteiger partial charge >= 0.3 is 6.18 Å². The van der Waals surface area contributed by atoms with Gasteiger partial charge in [-0.05, 0) is 23.8 Å². The number of alkyl halides is 3. The van der Waals surface area contributed by atoms with Crippen molar-refractivity contribution in [2.75, 3.05) is 19.5 Å². The van der Waals surface area contributed by atoms with Gasteiger partial charge in [0.2, 0.25) is 5.91 Å². The van der Waals surface area contributed by atoms with Crippen LogP contribution in [0.15, 0.2) is 42.5 Å². The fraction of sp³-hybridized carbons (Fsp3) is 0.235. The first kappa shape index (κ1) is 17.7. The summed E-state index contributed by atoms with van der Waals surface area (Å²) in [6, 6.07) is 9.50. The van der Waals surface area contributed by atoms with E-state index in [4.69, 9.17) is 9.47 Å². The molecule has 0 unspecified atom stereocenters. The molecule has 0 bridgehead atoms. The second-order valence-electron chi connectivity index (χ2n) is 4.99. The third kappa shape index (κ3) is 4.41. The van der Waals surface area contributed by atoms with Gasteiger partial charge in [-0.1, -0.05) is 18.2 Å². The molecule has 0 aliphatic carbocycles. The monoisotopic (exact) mass is 339 g/mol. The van der Waals surface area contributed by atoms with Crippen molar-refractivity contribution < 1.29 is 27.4 Å². The van der Waals surface area contributed by atoms with Crippen LogP contribution in [0.2, 0.25) is 0 Å². The van der Waals surface area contributed by atoms with Gasteiger partial charge in [-0.3, -0.25) is 4.79 Å². The molecule has 1 N–H and O–H groups in total. The summed E-state index contributed by atoms with van der Waals surface area (Å²) in [7, 11) is 2.95. The van der Waals surface area contributed by atoms with E-state index in [-0.39, 0.29) is 12.0 Å². The van der Waals surface area contributed by atoms with Crippen LogP contribution in [0.25, 0.3) is 0 Å². The molecule has 0 spiro atoms. The Kier molecular flexibility index (Phi) is 5.33. The molecule has 0 saturated carbocycles. The first-order chi connectivity index (χ1) is 11.3. The van der Waals surface area contributed by atoms with E-state index in [2.05, 4.69) is 5.32 Å². The van der Waals surface area contributed by atoms with Crippen LogP contribution in [0.4, 0.5) is 18.9 Å². The smallest absolute Gasteiger partial charge is 0.416 e. The summed E-state index contributed by atoms with van der Waals surface area (Å²) in [5.41, 5.74) is -0.0358. The van der Waals surface area contributed by atoms with Crippen LogP contribution in [-0.4, -0.2) is 20.1 Å². The highest BCUT2D eigenvalue weighted by Gasteiger charge is 2.30. The highest BCUT2D eigenvalue weighted by Crippen LogP contribution is 2.31. The van der Waals surface area contributed by atoms with E-state index >= 15 is 0 Å². The Morgan fingerprint density at radius 3 is 2.38 bits per heavy atom. The molecule has 0 heterocycles. The maximum absolute atomic E-state index is 12.7. The maximum Gasteiger partial charge on any atom is 0.416 e. The number of rotatable bonds is 5. The van der Waals surface area contributed by atoms with Crippen molar-refractivity contribution in [3.8, 4) is 11.5 Å². The zero-order chi connectivity index (χ0) is 17.7. The number of amides is 1. The molecule has 0 aromatic heterocycles. The van der Waals surface area contributed by atoms with Gasteiger partial charge in [-0.25, -0.2) is 0 Å². The number of hydrogen-bond acceptors (Lipinski definition) is 3. The van der Waals surface area contributed by atoms with Crippen LogP contribution < -0.4 is 14.8 Å². The molecule has 0 aliphatic rings. The van der Waals surface area contributed by atoms with Crippen LogP contribution >= 0.6 is 0 Å². The number of ether oxygens (including phenoxy) is 2. The van der Waals surface area contributed by atoms with Crippen molar-refractivity contribution in [1.82, 2.24) is 0 Å². The Bertz CT molecular complexity index is 729. The van der Waals surface area contributed by atoms with Crippen molar-refractivity contribution in [3.63, 3.8) is 0 Å². The SMILES string of the molecule is COc1ccc(NC(=O)Cc2cccc(C(F)(F)F)c2)cc1OC. The van der Waals surface area contributed by atoms with Gasteiger partial charge in [-0.15, -0.1) is 0 Å². The highest BCUT2D eigenvalue weighted by molar-refractivity contribution is 5.92. The van der Waals surface area contributed by atoms with Crippen LogP contribution in [0.3, 0.4) is 0 Å². The van der Waals surface area contributed by atoms with Crippen molar-refractivity contribution in [3.05, 3.63) is 53.6 Å². The normalized spacial score (nSPS) is 11.0. The average molecular weight is 339 g/mol. The van der Waals surface area contributed by atoms with Gasteiger partial charge in [0.25, 0.3) is 0 Å². The van der Waals surface area contributed by atoms with Gasteiger partial charge in [0, 0.05) is 11.8 Å². The summed E-state index contributed by atoms with van der Waals surface area (Å²) in [6.45, 7) is 0. The van der Waals surface area contributed by atoms with Gasteiger partial charge in [0.1, 0.15) is 0 Å². The van der Waals surface area contributed by atoms with E-state index in [1.54, 1.807) is 18.2 Å². The van der Waals surface area contributed by atoms with E-state index in [1.165, 1.54) is 26.4 Å². The summed E-state index contributed by atoms with van der Waals surface area (Å²) >= 11 is 0. The van der Waals surface area contributed by atoms with E-state index in [0.29, 0.717) is 17.2 Å². The molecule has 0 saturated heterocycles. The molecule has 0 atom stereocenters.